The summed E-state index contributed by atoms with van der Waals surface area (Å²) in [5.74, 6) is 0. The quantitative estimate of drug-likeness (QED) is 0.505. The van der Waals surface area contributed by atoms with Crippen LogP contribution in [0, 0.1) is 0 Å². The fourth-order valence-electron chi connectivity index (χ4n) is 0.428. The van der Waals surface area contributed by atoms with Crippen molar-refractivity contribution in [2.24, 2.45) is 0 Å². The topological polar surface area (TPSA) is 30.2 Å². The zero-order chi connectivity index (χ0) is 6.85. The summed E-state index contributed by atoms with van der Waals surface area (Å²) in [6.07, 6.45) is 1.26. The van der Waals surface area contributed by atoms with Crippen LogP contribution in [0.3, 0.4) is 0 Å². The van der Waals surface area contributed by atoms with Gasteiger partial charge in [-0.15, -0.1) is 12.6 Å². The minimum Gasteiger partial charge on any atom is -0.458 e. The maximum atomic E-state index is 10.3. The monoisotopic (exact) mass is 162 g/mol. The molecule has 4 heteroatoms. The molecule has 0 bridgehead atoms. The first-order chi connectivity index (χ1) is 4.20. The number of carbonyl (C=O) groups is 1. The first-order valence-corrected chi connectivity index (χ1v) is 3.00. The van der Waals surface area contributed by atoms with E-state index in [0.29, 0.717) is 10.7 Å². The number of thiol groups is 1. The van der Waals surface area contributed by atoms with Crippen LogP contribution >= 0.6 is 24.2 Å². The van der Waals surface area contributed by atoms with E-state index < -0.39 is 5.24 Å². The summed E-state index contributed by atoms with van der Waals surface area (Å²) in [6, 6.07) is 1.46. The molecular weight excluding hydrogens is 160 g/mol. The van der Waals surface area contributed by atoms with E-state index in [2.05, 4.69) is 17.0 Å². The molecule has 0 aliphatic heterocycles. The summed E-state index contributed by atoms with van der Waals surface area (Å²) in [7, 11) is 0. The first kappa shape index (κ1) is 6.71. The molecule has 0 aromatic carbocycles. The van der Waals surface area contributed by atoms with E-state index in [0.717, 1.165) is 0 Å². The Labute approximate surface area is 62.2 Å². The molecule has 0 aliphatic rings. The van der Waals surface area contributed by atoms with Gasteiger partial charge in [-0.3, -0.25) is 4.79 Å². The van der Waals surface area contributed by atoms with Crippen LogP contribution in [0.5, 0.6) is 0 Å². The standard InChI is InChI=1S/C5H3ClO2S/c6-5(7)3-1-4(9)8-2-3/h1-2,9H. The molecule has 0 atom stereocenters. The highest BCUT2D eigenvalue weighted by Crippen LogP contribution is 2.12. The van der Waals surface area contributed by atoms with Crippen LogP contribution in [-0.2, 0) is 0 Å². The van der Waals surface area contributed by atoms with E-state index in [1.54, 1.807) is 0 Å². The zero-order valence-electron chi connectivity index (χ0n) is 4.30. The van der Waals surface area contributed by atoms with Gasteiger partial charge in [-0.05, 0) is 11.6 Å². The number of rotatable bonds is 1. The van der Waals surface area contributed by atoms with Gasteiger partial charge in [0.25, 0.3) is 5.24 Å². The van der Waals surface area contributed by atoms with Gasteiger partial charge in [0.1, 0.15) is 6.26 Å². The Kier molecular flexibility index (Phi) is 1.83. The van der Waals surface area contributed by atoms with Gasteiger partial charge in [0.05, 0.1) is 5.56 Å². The van der Waals surface area contributed by atoms with E-state index in [9.17, 15) is 4.79 Å². The lowest BCUT2D eigenvalue weighted by molar-refractivity contribution is 0.108. The Balaban J connectivity index is 2.98. The van der Waals surface area contributed by atoms with E-state index in [-0.39, 0.29) is 0 Å². The van der Waals surface area contributed by atoms with Gasteiger partial charge in [0.2, 0.25) is 0 Å². The Hall–Kier alpha value is -0.410. The van der Waals surface area contributed by atoms with Gasteiger partial charge in [-0.2, -0.15) is 0 Å². The molecular formula is C5H3ClO2S. The van der Waals surface area contributed by atoms with Crippen molar-refractivity contribution < 1.29 is 9.21 Å². The SMILES string of the molecule is O=C(Cl)c1coc(S)c1. The minimum atomic E-state index is -0.529. The Morgan fingerprint density at radius 3 is 2.67 bits per heavy atom. The number of hydrogen-bond acceptors (Lipinski definition) is 3. The van der Waals surface area contributed by atoms with Crippen LogP contribution in [-0.4, -0.2) is 5.24 Å². The molecule has 0 fully saturated rings. The number of carbonyl (C=O) groups excluding carboxylic acids is 1. The number of hydrogen-bond donors (Lipinski definition) is 1. The summed E-state index contributed by atoms with van der Waals surface area (Å²) >= 11 is 8.91. The predicted octanol–water partition coefficient (Wildman–Crippen LogP) is 1.95. The highest BCUT2D eigenvalue weighted by atomic mass is 35.5. The number of halogens is 1. The Morgan fingerprint density at radius 2 is 2.44 bits per heavy atom. The van der Waals surface area contributed by atoms with Crippen LogP contribution in [0.15, 0.2) is 21.8 Å². The zero-order valence-corrected chi connectivity index (χ0v) is 5.95. The third-order valence-electron chi connectivity index (χ3n) is 0.813. The van der Waals surface area contributed by atoms with E-state index >= 15 is 0 Å². The first-order valence-electron chi connectivity index (χ1n) is 2.17. The summed E-state index contributed by atoms with van der Waals surface area (Å²) in [5.41, 5.74) is 0.335. The normalized spacial score (nSPS) is 9.56. The molecule has 9 heavy (non-hydrogen) atoms. The smallest absolute Gasteiger partial charge is 0.255 e. The summed E-state index contributed by atoms with van der Waals surface area (Å²) in [4.78, 5) is 10.3. The second-order valence-corrected chi connectivity index (χ2v) is 2.23. The molecule has 0 amide bonds. The fourth-order valence-corrected chi connectivity index (χ4v) is 0.719. The lowest BCUT2D eigenvalue weighted by Crippen LogP contribution is -1.80. The molecule has 1 rings (SSSR count). The van der Waals surface area contributed by atoms with Gasteiger partial charge in [-0.25, -0.2) is 0 Å². The van der Waals surface area contributed by atoms with Crippen molar-refractivity contribution in [2.45, 2.75) is 5.09 Å². The Bertz CT molecular complexity index is 231. The second-order valence-electron chi connectivity index (χ2n) is 1.45. The highest BCUT2D eigenvalue weighted by molar-refractivity contribution is 7.80. The van der Waals surface area contributed by atoms with Gasteiger partial charge in [0, 0.05) is 6.07 Å². The molecule has 48 valence electrons. The van der Waals surface area contributed by atoms with Crippen molar-refractivity contribution in [1.82, 2.24) is 0 Å². The molecule has 1 aromatic heterocycles. The van der Waals surface area contributed by atoms with Gasteiger partial charge in [0.15, 0.2) is 5.09 Å². The molecule has 2 nitrogen and oxygen atoms in total. The van der Waals surface area contributed by atoms with Gasteiger partial charge >= 0.3 is 0 Å². The van der Waals surface area contributed by atoms with Crippen LogP contribution in [0.2, 0.25) is 0 Å². The Morgan fingerprint density at radius 1 is 1.78 bits per heavy atom. The molecule has 0 N–H and O–H groups in total. The number of furan rings is 1. The van der Waals surface area contributed by atoms with Crippen molar-refractivity contribution >= 4 is 29.5 Å². The van der Waals surface area contributed by atoms with Crippen LogP contribution < -0.4 is 0 Å². The molecule has 0 unspecified atom stereocenters. The third kappa shape index (κ3) is 1.50. The average Bonchev–Trinajstić information content (AvgIpc) is 2.14. The highest BCUT2D eigenvalue weighted by Gasteiger charge is 2.03. The molecule has 1 heterocycles. The predicted molar refractivity (Wildman–Crippen MR) is 36.1 cm³/mol. The molecule has 1 aromatic rings. The second kappa shape index (κ2) is 2.45. The van der Waals surface area contributed by atoms with Crippen LogP contribution in [0.1, 0.15) is 10.4 Å². The van der Waals surface area contributed by atoms with E-state index in [4.69, 9.17) is 11.6 Å². The molecule has 0 aliphatic carbocycles. The van der Waals surface area contributed by atoms with Crippen molar-refractivity contribution in [3.8, 4) is 0 Å². The molecule has 0 radical (unpaired) electrons. The van der Waals surface area contributed by atoms with Gasteiger partial charge in [-0.1, -0.05) is 0 Å². The lowest BCUT2D eigenvalue weighted by atomic mass is 10.4. The molecule has 0 saturated carbocycles. The maximum Gasteiger partial charge on any atom is 0.255 e. The van der Waals surface area contributed by atoms with Crippen molar-refractivity contribution in [3.05, 3.63) is 17.9 Å². The lowest BCUT2D eigenvalue weighted by Gasteiger charge is -1.75. The molecule has 0 spiro atoms. The summed E-state index contributed by atoms with van der Waals surface area (Å²) in [5, 5.41) is -0.141. The largest absolute Gasteiger partial charge is 0.458 e. The molecule has 0 saturated heterocycles. The van der Waals surface area contributed by atoms with Gasteiger partial charge < -0.3 is 4.42 Å². The van der Waals surface area contributed by atoms with Crippen molar-refractivity contribution in [3.63, 3.8) is 0 Å². The fraction of sp³-hybridized carbons (Fsp3) is 0. The summed E-state index contributed by atoms with van der Waals surface area (Å²) < 4.78 is 4.68. The van der Waals surface area contributed by atoms with Crippen molar-refractivity contribution in [2.75, 3.05) is 0 Å². The van der Waals surface area contributed by atoms with Crippen molar-refractivity contribution in [1.29, 1.82) is 0 Å². The van der Waals surface area contributed by atoms with E-state index in [1.165, 1.54) is 12.3 Å². The average molecular weight is 163 g/mol. The van der Waals surface area contributed by atoms with Crippen LogP contribution in [0.25, 0.3) is 0 Å². The summed E-state index contributed by atoms with van der Waals surface area (Å²) in [6.45, 7) is 0. The van der Waals surface area contributed by atoms with Crippen LogP contribution in [0.4, 0.5) is 0 Å². The maximum absolute atomic E-state index is 10.3. The third-order valence-corrected chi connectivity index (χ3v) is 1.27. The minimum absolute atomic E-state index is 0.335. The van der Waals surface area contributed by atoms with E-state index in [1.807, 2.05) is 0 Å².